The van der Waals surface area contributed by atoms with Crippen LogP contribution in [0, 0.1) is 12.8 Å². The number of rotatable bonds is 6. The fraction of sp³-hybridized carbons (Fsp3) is 0.647. The highest BCUT2D eigenvalue weighted by atomic mass is 16.5. The first-order valence-electron chi connectivity index (χ1n) is 7.77. The molecule has 2 nitrogen and oxygen atoms in total. The van der Waals surface area contributed by atoms with Gasteiger partial charge in [-0.25, -0.2) is 0 Å². The molecule has 1 aromatic carbocycles. The highest BCUT2D eigenvalue weighted by molar-refractivity contribution is 5.27. The molecule has 0 amide bonds. The first kappa shape index (κ1) is 14.4. The molecule has 0 aliphatic carbocycles. The SMILES string of the molecule is Cc1cccc(OCCCC[NH+]2CCC(C)CC2)c1. The van der Waals surface area contributed by atoms with E-state index in [4.69, 9.17) is 4.74 Å². The lowest BCUT2D eigenvalue weighted by molar-refractivity contribution is -0.906. The van der Waals surface area contributed by atoms with E-state index in [1.807, 2.05) is 6.07 Å². The lowest BCUT2D eigenvalue weighted by Crippen LogP contribution is -3.13. The maximum Gasteiger partial charge on any atom is 0.119 e. The Morgan fingerprint density at radius 1 is 1.21 bits per heavy atom. The predicted molar refractivity (Wildman–Crippen MR) is 79.9 cm³/mol. The zero-order valence-electron chi connectivity index (χ0n) is 12.5. The van der Waals surface area contributed by atoms with E-state index in [0.717, 1.165) is 18.3 Å². The largest absolute Gasteiger partial charge is 0.494 e. The van der Waals surface area contributed by atoms with Crippen LogP contribution in [0.25, 0.3) is 0 Å². The second kappa shape index (κ2) is 7.54. The molecule has 0 saturated carbocycles. The molecule has 1 aliphatic rings. The van der Waals surface area contributed by atoms with Crippen molar-refractivity contribution in [3.63, 3.8) is 0 Å². The maximum atomic E-state index is 5.78. The molecule has 1 fully saturated rings. The lowest BCUT2D eigenvalue weighted by atomic mass is 9.99. The molecule has 2 heteroatoms. The quantitative estimate of drug-likeness (QED) is 0.778. The number of hydrogen-bond acceptors (Lipinski definition) is 1. The van der Waals surface area contributed by atoms with Gasteiger partial charge in [-0.1, -0.05) is 19.1 Å². The third-order valence-electron chi connectivity index (χ3n) is 4.16. The van der Waals surface area contributed by atoms with Crippen LogP contribution < -0.4 is 9.64 Å². The fourth-order valence-corrected chi connectivity index (χ4v) is 2.79. The number of piperidine rings is 1. The van der Waals surface area contributed by atoms with Gasteiger partial charge in [0.2, 0.25) is 0 Å². The smallest absolute Gasteiger partial charge is 0.119 e. The highest BCUT2D eigenvalue weighted by Crippen LogP contribution is 2.12. The van der Waals surface area contributed by atoms with Crippen molar-refractivity contribution < 1.29 is 9.64 Å². The van der Waals surface area contributed by atoms with E-state index in [0.29, 0.717) is 0 Å². The standard InChI is InChI=1S/C17H27NO/c1-15-8-11-18(12-9-15)10-3-4-13-19-17-7-5-6-16(2)14-17/h5-7,14-15H,3-4,8-13H2,1-2H3/p+1. The van der Waals surface area contributed by atoms with E-state index in [9.17, 15) is 0 Å². The lowest BCUT2D eigenvalue weighted by Gasteiger charge is -2.27. The van der Waals surface area contributed by atoms with Gasteiger partial charge in [0.15, 0.2) is 0 Å². The van der Waals surface area contributed by atoms with Gasteiger partial charge in [-0.2, -0.15) is 0 Å². The fourth-order valence-electron chi connectivity index (χ4n) is 2.79. The van der Waals surface area contributed by atoms with E-state index in [1.54, 1.807) is 4.90 Å². The molecule has 0 aromatic heterocycles. The topological polar surface area (TPSA) is 13.7 Å². The van der Waals surface area contributed by atoms with Crippen molar-refractivity contribution in [1.82, 2.24) is 0 Å². The molecular formula is C17H28NO+. The average molecular weight is 262 g/mol. The van der Waals surface area contributed by atoms with Crippen molar-refractivity contribution in [2.45, 2.75) is 39.5 Å². The van der Waals surface area contributed by atoms with Crippen LogP contribution >= 0.6 is 0 Å². The van der Waals surface area contributed by atoms with Crippen molar-refractivity contribution in [3.05, 3.63) is 29.8 Å². The molecule has 1 heterocycles. The summed E-state index contributed by atoms with van der Waals surface area (Å²) in [7, 11) is 0. The van der Waals surface area contributed by atoms with Crippen LogP contribution in [0.2, 0.25) is 0 Å². The molecule has 0 unspecified atom stereocenters. The molecule has 1 aromatic rings. The number of likely N-dealkylation sites (tertiary alicyclic amines) is 1. The van der Waals surface area contributed by atoms with Crippen molar-refractivity contribution in [2.75, 3.05) is 26.2 Å². The summed E-state index contributed by atoms with van der Waals surface area (Å²) < 4.78 is 5.78. The van der Waals surface area contributed by atoms with E-state index < -0.39 is 0 Å². The molecule has 0 bridgehead atoms. The van der Waals surface area contributed by atoms with Gasteiger partial charge in [0, 0.05) is 0 Å². The molecule has 1 aliphatic heterocycles. The molecule has 1 saturated heterocycles. The van der Waals surface area contributed by atoms with Crippen LogP contribution in [0.15, 0.2) is 24.3 Å². The predicted octanol–water partition coefficient (Wildman–Crippen LogP) is 2.47. The van der Waals surface area contributed by atoms with E-state index in [-0.39, 0.29) is 0 Å². The minimum atomic E-state index is 0.854. The summed E-state index contributed by atoms with van der Waals surface area (Å²) in [5.74, 6) is 1.97. The average Bonchev–Trinajstić information content (AvgIpc) is 2.41. The maximum absolute atomic E-state index is 5.78. The van der Waals surface area contributed by atoms with Crippen LogP contribution in [-0.2, 0) is 0 Å². The molecule has 0 spiro atoms. The Kier molecular flexibility index (Phi) is 5.71. The Balaban J connectivity index is 1.55. The van der Waals surface area contributed by atoms with E-state index in [1.165, 1.54) is 50.9 Å². The summed E-state index contributed by atoms with van der Waals surface area (Å²) in [6.45, 7) is 9.41. The third kappa shape index (κ3) is 5.23. The zero-order valence-corrected chi connectivity index (χ0v) is 12.5. The van der Waals surface area contributed by atoms with Crippen LogP contribution in [0.1, 0.15) is 38.2 Å². The first-order chi connectivity index (χ1) is 9.24. The van der Waals surface area contributed by atoms with Gasteiger partial charge in [-0.05, 0) is 56.2 Å². The Hall–Kier alpha value is -1.02. The Morgan fingerprint density at radius 2 is 2.00 bits per heavy atom. The summed E-state index contributed by atoms with van der Waals surface area (Å²) in [6.07, 6.45) is 5.28. The van der Waals surface area contributed by atoms with Crippen molar-refractivity contribution >= 4 is 0 Å². The number of hydrogen-bond donors (Lipinski definition) is 1. The Bertz CT molecular complexity index is 369. The normalized spacial score (nSPS) is 23.3. The van der Waals surface area contributed by atoms with Gasteiger partial charge in [0.25, 0.3) is 0 Å². The number of quaternary nitrogens is 1. The second-order valence-corrected chi connectivity index (χ2v) is 6.05. The van der Waals surface area contributed by atoms with Gasteiger partial charge >= 0.3 is 0 Å². The number of benzene rings is 1. The molecule has 106 valence electrons. The monoisotopic (exact) mass is 262 g/mol. The molecule has 2 rings (SSSR count). The van der Waals surface area contributed by atoms with Crippen molar-refractivity contribution in [3.8, 4) is 5.75 Å². The highest BCUT2D eigenvalue weighted by Gasteiger charge is 2.17. The minimum absolute atomic E-state index is 0.854. The molecular weight excluding hydrogens is 234 g/mol. The van der Waals surface area contributed by atoms with Gasteiger partial charge in [0.1, 0.15) is 5.75 Å². The number of ether oxygens (including phenoxy) is 1. The summed E-state index contributed by atoms with van der Waals surface area (Å²) in [5, 5.41) is 0. The summed E-state index contributed by atoms with van der Waals surface area (Å²) in [5.41, 5.74) is 1.27. The van der Waals surface area contributed by atoms with E-state index >= 15 is 0 Å². The molecule has 0 atom stereocenters. The van der Waals surface area contributed by atoms with Crippen LogP contribution in [0.5, 0.6) is 5.75 Å². The van der Waals surface area contributed by atoms with Gasteiger partial charge < -0.3 is 9.64 Å². The van der Waals surface area contributed by atoms with Crippen LogP contribution in [0.3, 0.4) is 0 Å². The number of nitrogens with one attached hydrogen (secondary N) is 1. The molecule has 0 radical (unpaired) electrons. The number of unbranched alkanes of at least 4 members (excludes halogenated alkanes) is 1. The zero-order chi connectivity index (χ0) is 13.5. The van der Waals surface area contributed by atoms with Gasteiger partial charge in [-0.15, -0.1) is 0 Å². The summed E-state index contributed by atoms with van der Waals surface area (Å²) in [6, 6.07) is 8.32. The second-order valence-electron chi connectivity index (χ2n) is 6.05. The third-order valence-corrected chi connectivity index (χ3v) is 4.16. The van der Waals surface area contributed by atoms with Gasteiger partial charge in [0.05, 0.1) is 26.2 Å². The van der Waals surface area contributed by atoms with Gasteiger partial charge in [-0.3, -0.25) is 0 Å². The van der Waals surface area contributed by atoms with Crippen LogP contribution in [-0.4, -0.2) is 26.2 Å². The van der Waals surface area contributed by atoms with Crippen molar-refractivity contribution in [2.24, 2.45) is 5.92 Å². The summed E-state index contributed by atoms with van der Waals surface area (Å²) in [4.78, 5) is 1.80. The molecule has 1 N–H and O–H groups in total. The number of aryl methyl sites for hydroxylation is 1. The minimum Gasteiger partial charge on any atom is -0.494 e. The Morgan fingerprint density at radius 3 is 2.74 bits per heavy atom. The van der Waals surface area contributed by atoms with E-state index in [2.05, 4.69) is 32.0 Å². The molecule has 19 heavy (non-hydrogen) atoms. The van der Waals surface area contributed by atoms with Crippen LogP contribution in [0.4, 0.5) is 0 Å². The Labute approximate surface area is 117 Å². The summed E-state index contributed by atoms with van der Waals surface area (Å²) >= 11 is 0. The first-order valence-corrected chi connectivity index (χ1v) is 7.77. The van der Waals surface area contributed by atoms with Crippen molar-refractivity contribution in [1.29, 1.82) is 0 Å².